The summed E-state index contributed by atoms with van der Waals surface area (Å²) in [6.45, 7) is 14.2. The minimum atomic E-state index is -0.212. The molecule has 3 N–H and O–H groups in total. The van der Waals surface area contributed by atoms with Gasteiger partial charge >= 0.3 is 6.03 Å². The van der Waals surface area contributed by atoms with Crippen molar-refractivity contribution in [2.75, 3.05) is 36.8 Å². The largest absolute Gasteiger partial charge is 0.338 e. The second kappa shape index (κ2) is 10.5. The van der Waals surface area contributed by atoms with Gasteiger partial charge in [0.25, 0.3) is 0 Å². The lowest BCUT2D eigenvalue weighted by Gasteiger charge is -2.34. The van der Waals surface area contributed by atoms with Crippen LogP contribution in [0.25, 0.3) is 0 Å². The summed E-state index contributed by atoms with van der Waals surface area (Å²) in [5.74, 6) is 1.38. The number of likely N-dealkylation sites (tertiary alicyclic amines) is 1. The summed E-state index contributed by atoms with van der Waals surface area (Å²) in [6.07, 6.45) is 2.25. The summed E-state index contributed by atoms with van der Waals surface area (Å²) in [5, 5.41) is 8.69. The lowest BCUT2D eigenvalue weighted by atomic mass is 9.92. The van der Waals surface area contributed by atoms with Crippen molar-refractivity contribution < 1.29 is 9.59 Å². The van der Waals surface area contributed by atoms with Gasteiger partial charge in [0.1, 0.15) is 0 Å². The zero-order chi connectivity index (χ0) is 20.7. The average molecular weight is 389 g/mol. The van der Waals surface area contributed by atoms with Crippen molar-refractivity contribution in [2.45, 2.75) is 47.5 Å². The van der Waals surface area contributed by atoms with Gasteiger partial charge in [-0.3, -0.25) is 4.79 Å². The van der Waals surface area contributed by atoms with Crippen LogP contribution in [0.15, 0.2) is 18.2 Å². The third kappa shape index (κ3) is 7.15. The molecule has 1 fully saturated rings. The van der Waals surface area contributed by atoms with Crippen LogP contribution in [-0.2, 0) is 4.79 Å². The smallest absolute Gasteiger partial charge is 0.319 e. The molecule has 0 unspecified atom stereocenters. The van der Waals surface area contributed by atoms with Gasteiger partial charge in [-0.2, -0.15) is 0 Å². The molecular formula is C22H36N4O2. The summed E-state index contributed by atoms with van der Waals surface area (Å²) < 4.78 is 0. The van der Waals surface area contributed by atoms with Crippen LogP contribution < -0.4 is 16.0 Å². The number of benzene rings is 1. The van der Waals surface area contributed by atoms with Gasteiger partial charge in [0.05, 0.1) is 0 Å². The van der Waals surface area contributed by atoms with E-state index in [0.29, 0.717) is 17.9 Å². The molecule has 156 valence electrons. The number of aryl methyl sites for hydroxylation is 1. The van der Waals surface area contributed by atoms with Gasteiger partial charge in [0, 0.05) is 36.9 Å². The molecule has 0 spiro atoms. The number of hydrogen-bond donors (Lipinski definition) is 3. The van der Waals surface area contributed by atoms with E-state index < -0.39 is 0 Å². The van der Waals surface area contributed by atoms with Gasteiger partial charge in [-0.1, -0.05) is 33.8 Å². The second-order valence-electron chi connectivity index (χ2n) is 8.61. The van der Waals surface area contributed by atoms with E-state index in [4.69, 9.17) is 0 Å². The molecule has 1 aromatic rings. The topological polar surface area (TPSA) is 73.5 Å². The predicted octanol–water partition coefficient (Wildman–Crippen LogP) is 4.08. The van der Waals surface area contributed by atoms with Crippen molar-refractivity contribution >= 4 is 23.3 Å². The Balaban J connectivity index is 1.77. The highest BCUT2D eigenvalue weighted by Gasteiger charge is 2.21. The summed E-state index contributed by atoms with van der Waals surface area (Å²) in [6, 6.07) is 5.32. The van der Waals surface area contributed by atoms with Crippen LogP contribution in [-0.4, -0.2) is 43.0 Å². The van der Waals surface area contributed by atoms with Gasteiger partial charge in [-0.05, 0) is 55.8 Å². The normalized spacial score (nSPS) is 20.1. The average Bonchev–Trinajstić information content (AvgIpc) is 2.60. The molecule has 1 aliphatic rings. The van der Waals surface area contributed by atoms with Crippen LogP contribution in [0.3, 0.4) is 0 Å². The van der Waals surface area contributed by atoms with Crippen molar-refractivity contribution in [1.82, 2.24) is 10.2 Å². The maximum absolute atomic E-state index is 12.2. The molecule has 6 heteroatoms. The highest BCUT2D eigenvalue weighted by atomic mass is 16.2. The lowest BCUT2D eigenvalue weighted by Crippen LogP contribution is -2.40. The molecule has 1 aliphatic heterocycles. The van der Waals surface area contributed by atoms with E-state index in [1.807, 2.05) is 32.9 Å². The predicted molar refractivity (Wildman–Crippen MR) is 116 cm³/mol. The van der Waals surface area contributed by atoms with Crippen molar-refractivity contribution in [1.29, 1.82) is 0 Å². The second-order valence-corrected chi connectivity index (χ2v) is 8.61. The Morgan fingerprint density at radius 1 is 1.14 bits per heavy atom. The molecule has 2 rings (SSSR count). The molecule has 0 aliphatic carbocycles. The number of hydrogen-bond acceptors (Lipinski definition) is 3. The number of carbonyl (C=O) groups excluding carboxylic acids is 2. The summed E-state index contributed by atoms with van der Waals surface area (Å²) in [7, 11) is 0. The molecule has 1 heterocycles. The molecular weight excluding hydrogens is 352 g/mol. The number of rotatable bonds is 7. The van der Waals surface area contributed by atoms with Crippen molar-refractivity contribution in [3.05, 3.63) is 23.8 Å². The van der Waals surface area contributed by atoms with Crippen LogP contribution in [0.1, 0.15) is 46.1 Å². The van der Waals surface area contributed by atoms with Crippen molar-refractivity contribution in [2.24, 2.45) is 17.8 Å². The van der Waals surface area contributed by atoms with Crippen LogP contribution in [0.4, 0.5) is 16.2 Å². The van der Waals surface area contributed by atoms with Crippen LogP contribution >= 0.6 is 0 Å². The zero-order valence-corrected chi connectivity index (χ0v) is 18.0. The maximum Gasteiger partial charge on any atom is 0.319 e. The minimum Gasteiger partial charge on any atom is -0.338 e. The van der Waals surface area contributed by atoms with Gasteiger partial charge in [-0.25, -0.2) is 4.79 Å². The Bertz CT molecular complexity index is 665. The lowest BCUT2D eigenvalue weighted by molar-refractivity contribution is -0.118. The standard InChI is InChI=1S/C22H36N4O2/c1-15(2)21(27)24-19-8-7-18(5)20(12-19)25-22(28)23-9-6-10-26-13-16(3)11-17(4)14-26/h7-8,12,15-17H,6,9-11,13-14H2,1-5H3,(H,24,27)(H2,23,25,28)/t16-,17+. The molecule has 28 heavy (non-hydrogen) atoms. The zero-order valence-electron chi connectivity index (χ0n) is 18.0. The Kier molecular flexibility index (Phi) is 8.30. The number of nitrogens with zero attached hydrogens (tertiary/aromatic N) is 1. The molecule has 6 nitrogen and oxygen atoms in total. The molecule has 0 radical (unpaired) electrons. The fourth-order valence-corrected chi connectivity index (χ4v) is 3.77. The van der Waals surface area contributed by atoms with Gasteiger partial charge in [0.15, 0.2) is 0 Å². The number of urea groups is 1. The first kappa shape index (κ1) is 22.2. The fraction of sp³-hybridized carbons (Fsp3) is 0.636. The monoisotopic (exact) mass is 388 g/mol. The number of carbonyl (C=O) groups is 2. The Hall–Kier alpha value is -2.08. The van der Waals surface area contributed by atoms with E-state index in [1.165, 1.54) is 6.42 Å². The van der Waals surface area contributed by atoms with Gasteiger partial charge in [0.2, 0.25) is 5.91 Å². The quantitative estimate of drug-likeness (QED) is 0.616. The van der Waals surface area contributed by atoms with E-state index in [0.717, 1.165) is 43.5 Å². The Labute approximate surface area is 169 Å². The van der Waals surface area contributed by atoms with Crippen molar-refractivity contribution in [3.8, 4) is 0 Å². The molecule has 1 saturated heterocycles. The third-order valence-corrected chi connectivity index (χ3v) is 5.16. The van der Waals surface area contributed by atoms with Crippen molar-refractivity contribution in [3.63, 3.8) is 0 Å². The summed E-state index contributed by atoms with van der Waals surface area (Å²) >= 11 is 0. The Morgan fingerprint density at radius 2 is 1.82 bits per heavy atom. The first-order chi connectivity index (χ1) is 13.2. The fourth-order valence-electron chi connectivity index (χ4n) is 3.77. The highest BCUT2D eigenvalue weighted by Crippen LogP contribution is 2.21. The molecule has 0 bridgehead atoms. The van der Waals surface area contributed by atoms with E-state index >= 15 is 0 Å². The minimum absolute atomic E-state index is 0.0411. The van der Waals surface area contributed by atoms with E-state index in [9.17, 15) is 9.59 Å². The molecule has 2 atom stereocenters. The third-order valence-electron chi connectivity index (χ3n) is 5.16. The maximum atomic E-state index is 12.2. The highest BCUT2D eigenvalue weighted by molar-refractivity contribution is 5.94. The summed E-state index contributed by atoms with van der Waals surface area (Å²) in [5.41, 5.74) is 2.35. The molecule has 1 aromatic carbocycles. The van der Waals surface area contributed by atoms with Crippen LogP contribution in [0, 0.1) is 24.7 Å². The molecule has 3 amide bonds. The van der Waals surface area contributed by atoms with Gasteiger partial charge < -0.3 is 20.9 Å². The first-order valence-electron chi connectivity index (χ1n) is 10.4. The first-order valence-corrected chi connectivity index (χ1v) is 10.4. The Morgan fingerprint density at radius 3 is 2.46 bits per heavy atom. The number of piperidine rings is 1. The molecule has 0 saturated carbocycles. The van der Waals surface area contributed by atoms with E-state index in [1.54, 1.807) is 6.07 Å². The number of anilines is 2. The van der Waals surface area contributed by atoms with E-state index in [2.05, 4.69) is 34.7 Å². The molecule has 0 aromatic heterocycles. The number of nitrogens with one attached hydrogen (secondary N) is 3. The van der Waals surface area contributed by atoms with Crippen LogP contribution in [0.5, 0.6) is 0 Å². The van der Waals surface area contributed by atoms with Crippen LogP contribution in [0.2, 0.25) is 0 Å². The van der Waals surface area contributed by atoms with E-state index in [-0.39, 0.29) is 17.9 Å². The SMILES string of the molecule is Cc1ccc(NC(=O)C(C)C)cc1NC(=O)NCCCN1C[C@H](C)C[C@H](C)C1. The summed E-state index contributed by atoms with van der Waals surface area (Å²) in [4.78, 5) is 26.6. The number of amides is 3. The van der Waals surface area contributed by atoms with Gasteiger partial charge in [-0.15, -0.1) is 0 Å².